The predicted molar refractivity (Wildman–Crippen MR) is 55.7 cm³/mol. The highest BCUT2D eigenvalue weighted by atomic mass is 19.1. The van der Waals surface area contributed by atoms with Gasteiger partial charge in [0.1, 0.15) is 0 Å². The van der Waals surface area contributed by atoms with Gasteiger partial charge in [-0.1, -0.05) is 0 Å². The average molecular weight is 211 g/mol. The van der Waals surface area contributed by atoms with Crippen LogP contribution in [0.3, 0.4) is 0 Å². The molecule has 0 spiro atoms. The molecule has 5 heteroatoms. The zero-order valence-corrected chi connectivity index (χ0v) is 8.75. The van der Waals surface area contributed by atoms with Crippen LogP contribution in [-0.2, 0) is 4.79 Å². The van der Waals surface area contributed by atoms with Gasteiger partial charge in [0.25, 0.3) is 0 Å². The Kier molecular flexibility index (Phi) is 3.36. The molecule has 0 saturated heterocycles. The summed E-state index contributed by atoms with van der Waals surface area (Å²) in [6.45, 7) is 3.52. The van der Waals surface area contributed by atoms with E-state index in [0.29, 0.717) is 5.69 Å². The fraction of sp³-hybridized carbons (Fsp3) is 0.400. The average Bonchev–Trinajstić information content (AvgIpc) is 2.05. The maximum absolute atomic E-state index is 12.5. The SMILES string of the molecule is CC(C)(N)CC(=O)Nc1ccc(F)nc1. The molecule has 1 aromatic rings. The molecule has 0 saturated carbocycles. The summed E-state index contributed by atoms with van der Waals surface area (Å²) < 4.78 is 12.5. The van der Waals surface area contributed by atoms with Crippen molar-refractivity contribution < 1.29 is 9.18 Å². The van der Waals surface area contributed by atoms with E-state index in [1.54, 1.807) is 13.8 Å². The third-order valence-electron chi connectivity index (χ3n) is 1.63. The highest BCUT2D eigenvalue weighted by molar-refractivity contribution is 5.91. The number of nitrogens with zero attached hydrogens (tertiary/aromatic N) is 1. The molecule has 0 fully saturated rings. The molecule has 1 amide bonds. The standard InChI is InChI=1S/C10H14FN3O/c1-10(2,12)5-9(15)14-7-3-4-8(11)13-6-7/h3-4,6H,5,12H2,1-2H3,(H,14,15). The van der Waals surface area contributed by atoms with E-state index in [4.69, 9.17) is 5.73 Å². The topological polar surface area (TPSA) is 68.0 Å². The second-order valence-electron chi connectivity index (χ2n) is 4.08. The number of amides is 1. The number of carbonyl (C=O) groups is 1. The van der Waals surface area contributed by atoms with Gasteiger partial charge in [-0.25, -0.2) is 4.98 Å². The van der Waals surface area contributed by atoms with Crippen molar-refractivity contribution in [3.05, 3.63) is 24.3 Å². The van der Waals surface area contributed by atoms with E-state index in [0.717, 1.165) is 0 Å². The molecular formula is C10H14FN3O. The fourth-order valence-corrected chi connectivity index (χ4v) is 1.07. The van der Waals surface area contributed by atoms with Gasteiger partial charge in [-0.05, 0) is 26.0 Å². The van der Waals surface area contributed by atoms with Crippen molar-refractivity contribution in [2.75, 3.05) is 5.32 Å². The van der Waals surface area contributed by atoms with Crippen molar-refractivity contribution in [1.82, 2.24) is 4.98 Å². The van der Waals surface area contributed by atoms with E-state index < -0.39 is 11.5 Å². The number of anilines is 1. The number of nitrogens with two attached hydrogens (primary N) is 1. The van der Waals surface area contributed by atoms with Crippen molar-refractivity contribution in [2.24, 2.45) is 5.73 Å². The van der Waals surface area contributed by atoms with Crippen LogP contribution < -0.4 is 11.1 Å². The summed E-state index contributed by atoms with van der Waals surface area (Å²) >= 11 is 0. The summed E-state index contributed by atoms with van der Waals surface area (Å²) in [6.07, 6.45) is 1.46. The van der Waals surface area contributed by atoms with Gasteiger partial charge in [-0.3, -0.25) is 4.79 Å². The largest absolute Gasteiger partial charge is 0.325 e. The Hall–Kier alpha value is -1.49. The van der Waals surface area contributed by atoms with Crippen LogP contribution in [0.25, 0.3) is 0 Å². The summed E-state index contributed by atoms with van der Waals surface area (Å²) in [6, 6.07) is 2.63. The lowest BCUT2D eigenvalue weighted by Crippen LogP contribution is -2.36. The van der Waals surface area contributed by atoms with Crippen molar-refractivity contribution in [3.8, 4) is 0 Å². The first kappa shape index (κ1) is 11.6. The lowest BCUT2D eigenvalue weighted by Gasteiger charge is -2.17. The number of hydrogen-bond donors (Lipinski definition) is 2. The molecule has 0 atom stereocenters. The molecule has 1 heterocycles. The minimum Gasteiger partial charge on any atom is -0.325 e. The van der Waals surface area contributed by atoms with Gasteiger partial charge >= 0.3 is 0 Å². The molecule has 0 bridgehead atoms. The zero-order chi connectivity index (χ0) is 11.5. The van der Waals surface area contributed by atoms with Crippen LogP contribution in [0.4, 0.5) is 10.1 Å². The Balaban J connectivity index is 2.55. The predicted octanol–water partition coefficient (Wildman–Crippen LogP) is 1.29. The molecule has 0 aliphatic heterocycles. The number of carbonyl (C=O) groups excluding carboxylic acids is 1. The molecule has 1 rings (SSSR count). The van der Waals surface area contributed by atoms with E-state index in [1.807, 2.05) is 0 Å². The number of rotatable bonds is 3. The number of halogens is 1. The van der Waals surface area contributed by atoms with Crippen molar-refractivity contribution in [3.63, 3.8) is 0 Å². The summed E-state index contributed by atoms with van der Waals surface area (Å²) in [4.78, 5) is 14.8. The summed E-state index contributed by atoms with van der Waals surface area (Å²) in [5.41, 5.74) is 5.58. The second kappa shape index (κ2) is 4.35. The maximum Gasteiger partial charge on any atom is 0.226 e. The van der Waals surface area contributed by atoms with Gasteiger partial charge in [0.2, 0.25) is 11.9 Å². The molecule has 0 unspecified atom stereocenters. The Morgan fingerprint density at radius 2 is 2.27 bits per heavy atom. The quantitative estimate of drug-likeness (QED) is 0.740. The van der Waals surface area contributed by atoms with Crippen LogP contribution in [-0.4, -0.2) is 16.4 Å². The molecule has 15 heavy (non-hydrogen) atoms. The highest BCUT2D eigenvalue weighted by Crippen LogP contribution is 2.09. The van der Waals surface area contributed by atoms with Crippen molar-refractivity contribution in [2.45, 2.75) is 25.8 Å². The van der Waals surface area contributed by atoms with Crippen LogP contribution in [0.5, 0.6) is 0 Å². The maximum atomic E-state index is 12.5. The molecule has 3 N–H and O–H groups in total. The van der Waals surface area contributed by atoms with E-state index in [-0.39, 0.29) is 12.3 Å². The number of hydrogen-bond acceptors (Lipinski definition) is 3. The molecular weight excluding hydrogens is 197 g/mol. The minimum absolute atomic E-state index is 0.199. The van der Waals surface area contributed by atoms with E-state index >= 15 is 0 Å². The molecule has 82 valence electrons. The van der Waals surface area contributed by atoms with Crippen LogP contribution in [0, 0.1) is 5.95 Å². The van der Waals surface area contributed by atoms with Gasteiger partial charge in [0.05, 0.1) is 11.9 Å². The second-order valence-corrected chi connectivity index (χ2v) is 4.08. The lowest BCUT2D eigenvalue weighted by molar-refractivity contribution is -0.117. The number of pyridine rings is 1. The Morgan fingerprint density at radius 1 is 1.60 bits per heavy atom. The highest BCUT2D eigenvalue weighted by Gasteiger charge is 2.16. The van der Waals surface area contributed by atoms with Gasteiger partial charge in [-0.2, -0.15) is 4.39 Å². The van der Waals surface area contributed by atoms with E-state index in [1.165, 1.54) is 18.3 Å². The fourth-order valence-electron chi connectivity index (χ4n) is 1.07. The molecule has 0 radical (unpaired) electrons. The van der Waals surface area contributed by atoms with Crippen molar-refractivity contribution in [1.29, 1.82) is 0 Å². The van der Waals surface area contributed by atoms with Crippen LogP contribution in [0.2, 0.25) is 0 Å². The number of nitrogens with one attached hydrogen (secondary N) is 1. The lowest BCUT2D eigenvalue weighted by atomic mass is 10.0. The van der Waals surface area contributed by atoms with Gasteiger partial charge in [0, 0.05) is 12.0 Å². The monoisotopic (exact) mass is 211 g/mol. The van der Waals surface area contributed by atoms with Crippen molar-refractivity contribution >= 4 is 11.6 Å². The summed E-state index contributed by atoms with van der Waals surface area (Å²) in [5, 5.41) is 2.58. The molecule has 0 aliphatic rings. The first-order valence-electron chi connectivity index (χ1n) is 4.57. The first-order chi connectivity index (χ1) is 6.87. The summed E-state index contributed by atoms with van der Waals surface area (Å²) in [5.74, 6) is -0.789. The Labute approximate surface area is 87.7 Å². The number of aromatic nitrogens is 1. The molecule has 0 aromatic carbocycles. The third kappa shape index (κ3) is 4.51. The van der Waals surface area contributed by atoms with Gasteiger partial charge < -0.3 is 11.1 Å². The van der Waals surface area contributed by atoms with E-state index in [9.17, 15) is 9.18 Å². The summed E-state index contributed by atoms with van der Waals surface area (Å²) in [7, 11) is 0. The van der Waals surface area contributed by atoms with Gasteiger partial charge in [0.15, 0.2) is 0 Å². The zero-order valence-electron chi connectivity index (χ0n) is 8.75. The Morgan fingerprint density at radius 3 is 2.73 bits per heavy atom. The minimum atomic E-state index is -0.577. The third-order valence-corrected chi connectivity index (χ3v) is 1.63. The van der Waals surface area contributed by atoms with Crippen LogP contribution in [0.1, 0.15) is 20.3 Å². The molecule has 4 nitrogen and oxygen atoms in total. The molecule has 1 aromatic heterocycles. The smallest absolute Gasteiger partial charge is 0.226 e. The van der Waals surface area contributed by atoms with Crippen LogP contribution >= 0.6 is 0 Å². The van der Waals surface area contributed by atoms with Gasteiger partial charge in [-0.15, -0.1) is 0 Å². The first-order valence-corrected chi connectivity index (χ1v) is 4.57. The van der Waals surface area contributed by atoms with Crippen LogP contribution in [0.15, 0.2) is 18.3 Å². The van der Waals surface area contributed by atoms with E-state index in [2.05, 4.69) is 10.3 Å². The molecule has 0 aliphatic carbocycles. The normalized spacial score (nSPS) is 11.2. The Bertz CT molecular complexity index is 343.